The maximum atomic E-state index is 12.7. The number of hydrogen-bond acceptors (Lipinski definition) is 6. The second-order valence-electron chi connectivity index (χ2n) is 7.45. The molecule has 2 N–H and O–H groups in total. The molecular weight excluding hydrogens is 410 g/mol. The molecule has 172 valence electrons. The monoisotopic (exact) mass is 441 g/mol. The van der Waals surface area contributed by atoms with Crippen LogP contribution >= 0.6 is 0 Å². The largest absolute Gasteiger partial charge is 0.497 e. The third-order valence-corrected chi connectivity index (χ3v) is 5.20. The molecule has 8 heteroatoms. The number of nitrogens with zero attached hydrogens (tertiary/aromatic N) is 1. The van der Waals surface area contributed by atoms with Gasteiger partial charge in [-0.2, -0.15) is 0 Å². The van der Waals surface area contributed by atoms with E-state index in [0.717, 1.165) is 36.6 Å². The first-order valence-corrected chi connectivity index (χ1v) is 10.9. The molecule has 1 heterocycles. The summed E-state index contributed by atoms with van der Waals surface area (Å²) in [6.07, 6.45) is 1.62. The van der Waals surface area contributed by atoms with Crippen molar-refractivity contribution in [1.82, 2.24) is 10.2 Å². The highest BCUT2D eigenvalue weighted by molar-refractivity contribution is 5.95. The van der Waals surface area contributed by atoms with Crippen molar-refractivity contribution < 1.29 is 23.8 Å². The molecule has 1 atom stereocenters. The predicted molar refractivity (Wildman–Crippen MR) is 122 cm³/mol. The van der Waals surface area contributed by atoms with E-state index in [9.17, 15) is 9.59 Å². The minimum atomic E-state index is -0.317. The van der Waals surface area contributed by atoms with Crippen LogP contribution in [0.5, 0.6) is 17.2 Å². The molecule has 3 rings (SSSR count). The Morgan fingerprint density at radius 2 is 1.66 bits per heavy atom. The second-order valence-corrected chi connectivity index (χ2v) is 7.45. The Morgan fingerprint density at radius 3 is 2.31 bits per heavy atom. The number of carbonyl (C=O) groups excluding carboxylic acids is 2. The summed E-state index contributed by atoms with van der Waals surface area (Å²) in [5.74, 6) is 2.03. The van der Waals surface area contributed by atoms with Gasteiger partial charge in [-0.3, -0.25) is 14.5 Å². The van der Waals surface area contributed by atoms with E-state index < -0.39 is 0 Å². The van der Waals surface area contributed by atoms with Crippen molar-refractivity contribution in [2.75, 3.05) is 45.3 Å². The van der Waals surface area contributed by atoms with E-state index in [2.05, 4.69) is 10.6 Å². The van der Waals surface area contributed by atoms with Gasteiger partial charge in [0.05, 0.1) is 32.8 Å². The molecule has 1 saturated heterocycles. The first-order chi connectivity index (χ1) is 15.6. The zero-order chi connectivity index (χ0) is 22.8. The molecule has 0 aromatic heterocycles. The Morgan fingerprint density at radius 1 is 1.00 bits per heavy atom. The lowest BCUT2D eigenvalue weighted by molar-refractivity contribution is -0.124. The van der Waals surface area contributed by atoms with Gasteiger partial charge in [-0.15, -0.1) is 0 Å². The SMILES string of the molecule is CCOc1ccc(OCCNC(=O)CN2CCCC2C(=O)Nc2ccc(OC)cc2)cc1. The predicted octanol–water partition coefficient (Wildman–Crippen LogP) is 2.69. The van der Waals surface area contributed by atoms with Crippen molar-refractivity contribution in [1.29, 1.82) is 0 Å². The van der Waals surface area contributed by atoms with Crippen molar-refractivity contribution in [2.45, 2.75) is 25.8 Å². The molecule has 0 radical (unpaired) electrons. The summed E-state index contributed by atoms with van der Waals surface area (Å²) in [4.78, 5) is 27.0. The number of benzene rings is 2. The molecule has 0 spiro atoms. The van der Waals surface area contributed by atoms with Crippen LogP contribution in [0, 0.1) is 0 Å². The van der Waals surface area contributed by atoms with Gasteiger partial charge in [0.25, 0.3) is 0 Å². The van der Waals surface area contributed by atoms with E-state index in [0.29, 0.717) is 25.4 Å². The molecule has 1 aliphatic heterocycles. The highest BCUT2D eigenvalue weighted by Gasteiger charge is 2.31. The van der Waals surface area contributed by atoms with Crippen LogP contribution in [0.15, 0.2) is 48.5 Å². The molecule has 1 unspecified atom stereocenters. The summed E-state index contributed by atoms with van der Waals surface area (Å²) in [6.45, 7) is 4.21. The first kappa shape index (κ1) is 23.4. The van der Waals surface area contributed by atoms with Crippen molar-refractivity contribution in [3.63, 3.8) is 0 Å². The van der Waals surface area contributed by atoms with Gasteiger partial charge in [0.2, 0.25) is 11.8 Å². The smallest absolute Gasteiger partial charge is 0.241 e. The molecular formula is C24H31N3O5. The number of carbonyl (C=O) groups is 2. The van der Waals surface area contributed by atoms with Gasteiger partial charge in [-0.1, -0.05) is 0 Å². The molecule has 2 aromatic carbocycles. The van der Waals surface area contributed by atoms with E-state index in [4.69, 9.17) is 14.2 Å². The minimum Gasteiger partial charge on any atom is -0.497 e. The van der Waals surface area contributed by atoms with E-state index in [-0.39, 0.29) is 24.4 Å². The quantitative estimate of drug-likeness (QED) is 0.521. The number of rotatable bonds is 11. The van der Waals surface area contributed by atoms with Crippen LogP contribution in [0.4, 0.5) is 5.69 Å². The Hall–Kier alpha value is -3.26. The number of amides is 2. The summed E-state index contributed by atoms with van der Waals surface area (Å²) in [5, 5.41) is 5.78. The molecule has 8 nitrogen and oxygen atoms in total. The van der Waals surface area contributed by atoms with E-state index in [1.165, 1.54) is 0 Å². The van der Waals surface area contributed by atoms with Gasteiger partial charge >= 0.3 is 0 Å². The fourth-order valence-corrected chi connectivity index (χ4v) is 3.61. The molecule has 1 aliphatic rings. The Balaban J connectivity index is 1.39. The van der Waals surface area contributed by atoms with Crippen molar-refractivity contribution in [3.8, 4) is 17.2 Å². The average molecular weight is 442 g/mol. The molecule has 2 aromatic rings. The van der Waals surface area contributed by atoms with Crippen molar-refractivity contribution in [2.24, 2.45) is 0 Å². The van der Waals surface area contributed by atoms with Crippen LogP contribution in [-0.2, 0) is 9.59 Å². The first-order valence-electron chi connectivity index (χ1n) is 10.9. The Bertz CT molecular complexity index is 870. The van der Waals surface area contributed by atoms with Gasteiger partial charge in [0, 0.05) is 5.69 Å². The molecule has 2 amide bonds. The van der Waals surface area contributed by atoms with Gasteiger partial charge < -0.3 is 24.8 Å². The van der Waals surface area contributed by atoms with E-state index in [1.807, 2.05) is 36.1 Å². The van der Waals surface area contributed by atoms with Crippen molar-refractivity contribution >= 4 is 17.5 Å². The van der Waals surface area contributed by atoms with Gasteiger partial charge in [0.15, 0.2) is 0 Å². The second kappa shape index (κ2) is 12.0. The number of hydrogen-bond donors (Lipinski definition) is 2. The summed E-state index contributed by atoms with van der Waals surface area (Å²) < 4.78 is 16.2. The molecule has 0 saturated carbocycles. The molecule has 0 bridgehead atoms. The molecule has 0 aliphatic carbocycles. The Kier molecular flexibility index (Phi) is 8.74. The van der Waals surface area contributed by atoms with Crippen LogP contribution in [-0.4, -0.2) is 62.7 Å². The molecule has 1 fully saturated rings. The summed E-state index contributed by atoms with van der Waals surface area (Å²) >= 11 is 0. The fourth-order valence-electron chi connectivity index (χ4n) is 3.61. The lowest BCUT2D eigenvalue weighted by atomic mass is 10.2. The van der Waals surface area contributed by atoms with Crippen molar-refractivity contribution in [3.05, 3.63) is 48.5 Å². The van der Waals surface area contributed by atoms with Gasteiger partial charge in [-0.05, 0) is 74.8 Å². The third kappa shape index (κ3) is 6.88. The summed E-state index contributed by atoms with van der Waals surface area (Å²) in [6, 6.07) is 14.2. The van der Waals surface area contributed by atoms with Crippen LogP contribution in [0.25, 0.3) is 0 Å². The summed E-state index contributed by atoms with van der Waals surface area (Å²) in [7, 11) is 1.60. The van der Waals surface area contributed by atoms with Gasteiger partial charge in [-0.25, -0.2) is 0 Å². The van der Waals surface area contributed by atoms with Gasteiger partial charge in [0.1, 0.15) is 23.9 Å². The van der Waals surface area contributed by atoms with Crippen LogP contribution < -0.4 is 24.8 Å². The van der Waals surface area contributed by atoms with E-state index >= 15 is 0 Å². The normalized spacial score (nSPS) is 15.8. The lowest BCUT2D eigenvalue weighted by Crippen LogP contribution is -2.45. The zero-order valence-corrected chi connectivity index (χ0v) is 18.6. The highest BCUT2D eigenvalue weighted by atomic mass is 16.5. The number of nitrogens with one attached hydrogen (secondary N) is 2. The zero-order valence-electron chi connectivity index (χ0n) is 18.6. The topological polar surface area (TPSA) is 89.1 Å². The highest BCUT2D eigenvalue weighted by Crippen LogP contribution is 2.20. The summed E-state index contributed by atoms with van der Waals surface area (Å²) in [5.41, 5.74) is 0.707. The fraction of sp³-hybridized carbons (Fsp3) is 0.417. The van der Waals surface area contributed by atoms with Crippen LogP contribution in [0.2, 0.25) is 0 Å². The van der Waals surface area contributed by atoms with E-state index in [1.54, 1.807) is 31.4 Å². The third-order valence-electron chi connectivity index (χ3n) is 5.20. The maximum absolute atomic E-state index is 12.7. The number of methoxy groups -OCH3 is 1. The van der Waals surface area contributed by atoms with Crippen LogP contribution in [0.3, 0.4) is 0 Å². The Labute approximate surface area is 188 Å². The standard InChI is InChI=1S/C24H31N3O5/c1-3-31-20-10-12-21(13-11-20)32-16-14-25-23(28)17-27-15-4-5-22(27)24(29)26-18-6-8-19(30-2)9-7-18/h6-13,22H,3-5,14-17H2,1-2H3,(H,25,28)(H,26,29). The number of anilines is 1. The average Bonchev–Trinajstić information content (AvgIpc) is 3.26. The van der Waals surface area contributed by atoms with Crippen LogP contribution in [0.1, 0.15) is 19.8 Å². The molecule has 32 heavy (non-hydrogen) atoms. The number of likely N-dealkylation sites (tertiary alicyclic amines) is 1. The maximum Gasteiger partial charge on any atom is 0.241 e. The lowest BCUT2D eigenvalue weighted by Gasteiger charge is -2.23. The number of ether oxygens (including phenoxy) is 3. The minimum absolute atomic E-state index is 0.0979.